The van der Waals surface area contributed by atoms with Crippen LogP contribution in [-0.2, 0) is 7.05 Å². The zero-order chi connectivity index (χ0) is 12.5. The topological polar surface area (TPSA) is 46.9 Å². The molecule has 1 N–H and O–H groups in total. The molecule has 2 heterocycles. The minimum atomic E-state index is -0.309. The van der Waals surface area contributed by atoms with Gasteiger partial charge in [0.15, 0.2) is 5.78 Å². The first-order chi connectivity index (χ1) is 8.01. The van der Waals surface area contributed by atoms with Gasteiger partial charge < -0.3 is 5.32 Å². The van der Waals surface area contributed by atoms with Crippen LogP contribution in [0.15, 0.2) is 12.4 Å². The molecule has 0 aromatic carbocycles. The van der Waals surface area contributed by atoms with Crippen molar-refractivity contribution in [3.05, 3.63) is 18.0 Å². The lowest BCUT2D eigenvalue weighted by molar-refractivity contribution is 0.0708. The van der Waals surface area contributed by atoms with E-state index in [2.05, 4.69) is 24.3 Å². The van der Waals surface area contributed by atoms with Gasteiger partial charge in [0.25, 0.3) is 0 Å². The molecule has 1 aromatic heterocycles. The molecule has 4 nitrogen and oxygen atoms in total. The molecule has 1 aliphatic heterocycles. The van der Waals surface area contributed by atoms with E-state index in [0.29, 0.717) is 5.92 Å². The van der Waals surface area contributed by atoms with Crippen LogP contribution in [0.3, 0.4) is 0 Å². The van der Waals surface area contributed by atoms with E-state index in [1.165, 1.54) is 0 Å². The Balaban J connectivity index is 2.16. The Bertz CT molecular complexity index is 403. The molecule has 0 spiro atoms. The lowest BCUT2D eigenvalue weighted by atomic mass is 9.71. The lowest BCUT2D eigenvalue weighted by Gasteiger charge is -2.35. The highest BCUT2D eigenvalue weighted by atomic mass is 16.1. The van der Waals surface area contributed by atoms with Crippen LogP contribution in [0.2, 0.25) is 0 Å². The van der Waals surface area contributed by atoms with Crippen molar-refractivity contribution < 1.29 is 4.79 Å². The predicted molar refractivity (Wildman–Crippen MR) is 66.9 cm³/mol. The molecule has 1 fully saturated rings. The number of nitrogens with zero attached hydrogens (tertiary/aromatic N) is 2. The van der Waals surface area contributed by atoms with E-state index in [1.807, 2.05) is 7.05 Å². The van der Waals surface area contributed by atoms with Crippen molar-refractivity contribution in [2.24, 2.45) is 18.4 Å². The van der Waals surface area contributed by atoms with Gasteiger partial charge in [-0.05, 0) is 31.8 Å². The summed E-state index contributed by atoms with van der Waals surface area (Å²) in [6.07, 6.45) is 5.76. The van der Waals surface area contributed by atoms with Crippen molar-refractivity contribution >= 4 is 5.78 Å². The third kappa shape index (κ3) is 2.41. The van der Waals surface area contributed by atoms with Crippen molar-refractivity contribution in [2.45, 2.75) is 26.7 Å². The second-order valence-corrected chi connectivity index (χ2v) is 5.50. The molecule has 94 valence electrons. The number of Topliss-reactive ketones (excluding diaryl/α,β-unsaturated/α-hetero) is 1. The second-order valence-electron chi connectivity index (χ2n) is 5.50. The van der Waals surface area contributed by atoms with Gasteiger partial charge >= 0.3 is 0 Å². The van der Waals surface area contributed by atoms with Gasteiger partial charge in [0.1, 0.15) is 0 Å². The van der Waals surface area contributed by atoms with Gasteiger partial charge in [0.2, 0.25) is 0 Å². The molecular formula is C13H21N3O. The highest BCUT2D eigenvalue weighted by Gasteiger charge is 2.37. The molecule has 17 heavy (non-hydrogen) atoms. The van der Waals surface area contributed by atoms with Gasteiger partial charge in [-0.1, -0.05) is 13.8 Å². The summed E-state index contributed by atoms with van der Waals surface area (Å²) >= 11 is 0. The number of piperidine rings is 1. The number of hydrogen-bond acceptors (Lipinski definition) is 3. The number of rotatable bonds is 3. The summed E-state index contributed by atoms with van der Waals surface area (Å²) in [6.45, 7) is 6.13. The first-order valence-electron chi connectivity index (χ1n) is 6.26. The zero-order valence-corrected chi connectivity index (χ0v) is 10.9. The Morgan fingerprint density at radius 1 is 1.59 bits per heavy atom. The van der Waals surface area contributed by atoms with Crippen molar-refractivity contribution in [3.8, 4) is 0 Å². The molecule has 1 saturated heterocycles. The van der Waals surface area contributed by atoms with Gasteiger partial charge in [0, 0.05) is 18.7 Å². The fraction of sp³-hybridized carbons (Fsp3) is 0.692. The molecule has 1 unspecified atom stereocenters. The zero-order valence-electron chi connectivity index (χ0n) is 10.9. The number of carbonyl (C=O) groups is 1. The Labute approximate surface area is 102 Å². The number of aromatic nitrogens is 2. The number of ketones is 1. The molecule has 0 amide bonds. The number of aryl methyl sites for hydroxylation is 1. The Hall–Kier alpha value is -1.16. The van der Waals surface area contributed by atoms with E-state index in [0.717, 1.165) is 31.5 Å². The highest BCUT2D eigenvalue weighted by Crippen LogP contribution is 2.34. The third-order valence-electron chi connectivity index (χ3n) is 3.87. The predicted octanol–water partition coefficient (Wildman–Crippen LogP) is 1.63. The van der Waals surface area contributed by atoms with Crippen LogP contribution in [0.4, 0.5) is 0 Å². The summed E-state index contributed by atoms with van der Waals surface area (Å²) in [6, 6.07) is 0. The van der Waals surface area contributed by atoms with Crippen LogP contribution in [-0.4, -0.2) is 28.7 Å². The lowest BCUT2D eigenvalue weighted by Crippen LogP contribution is -2.42. The first-order valence-corrected chi connectivity index (χ1v) is 6.26. The van der Waals surface area contributed by atoms with E-state index in [1.54, 1.807) is 17.1 Å². The molecule has 1 aliphatic rings. The maximum Gasteiger partial charge on any atom is 0.171 e. The summed E-state index contributed by atoms with van der Waals surface area (Å²) in [5.41, 5.74) is 0.416. The molecule has 4 heteroatoms. The van der Waals surface area contributed by atoms with Crippen LogP contribution in [0.25, 0.3) is 0 Å². The number of hydrogen-bond donors (Lipinski definition) is 1. The number of carbonyl (C=O) groups excluding carboxylic acids is 1. The van der Waals surface area contributed by atoms with Gasteiger partial charge in [-0.3, -0.25) is 9.48 Å². The van der Waals surface area contributed by atoms with Crippen LogP contribution < -0.4 is 5.32 Å². The summed E-state index contributed by atoms with van der Waals surface area (Å²) in [4.78, 5) is 12.5. The van der Waals surface area contributed by atoms with Crippen LogP contribution in [0, 0.1) is 11.3 Å². The van der Waals surface area contributed by atoms with E-state index in [4.69, 9.17) is 0 Å². The van der Waals surface area contributed by atoms with Crippen molar-refractivity contribution in [2.75, 3.05) is 13.1 Å². The summed E-state index contributed by atoms with van der Waals surface area (Å²) in [5.74, 6) is 0.628. The van der Waals surface area contributed by atoms with Crippen LogP contribution >= 0.6 is 0 Å². The monoisotopic (exact) mass is 235 g/mol. The molecule has 1 atom stereocenters. The van der Waals surface area contributed by atoms with Crippen molar-refractivity contribution in [3.63, 3.8) is 0 Å². The molecule has 0 saturated carbocycles. The maximum atomic E-state index is 12.5. The average Bonchev–Trinajstić information content (AvgIpc) is 2.76. The maximum absolute atomic E-state index is 12.5. The largest absolute Gasteiger partial charge is 0.316 e. The Morgan fingerprint density at radius 3 is 2.88 bits per heavy atom. The van der Waals surface area contributed by atoms with E-state index < -0.39 is 0 Å². The van der Waals surface area contributed by atoms with Crippen molar-refractivity contribution in [1.29, 1.82) is 0 Å². The molecule has 2 rings (SSSR count). The summed E-state index contributed by atoms with van der Waals surface area (Å²) in [5, 5.41) is 7.46. The number of nitrogens with one attached hydrogen (secondary N) is 1. The highest BCUT2D eigenvalue weighted by molar-refractivity contribution is 5.99. The minimum Gasteiger partial charge on any atom is -0.316 e. The standard InChI is InChI=1S/C13H21N3O/c1-13(2,11-5-4-6-14-8-11)12(17)10-7-15-16(3)9-10/h7,9,11,14H,4-6,8H2,1-3H3. The van der Waals surface area contributed by atoms with Gasteiger partial charge in [0.05, 0.1) is 11.8 Å². The van der Waals surface area contributed by atoms with Crippen LogP contribution in [0.1, 0.15) is 37.0 Å². The van der Waals surface area contributed by atoms with E-state index in [-0.39, 0.29) is 11.2 Å². The second kappa shape index (κ2) is 4.61. The van der Waals surface area contributed by atoms with Gasteiger partial charge in [-0.2, -0.15) is 5.10 Å². The van der Waals surface area contributed by atoms with Gasteiger partial charge in [-0.15, -0.1) is 0 Å². The quantitative estimate of drug-likeness (QED) is 0.810. The molecule has 1 aromatic rings. The van der Waals surface area contributed by atoms with E-state index >= 15 is 0 Å². The van der Waals surface area contributed by atoms with Crippen LogP contribution in [0.5, 0.6) is 0 Å². The van der Waals surface area contributed by atoms with Gasteiger partial charge in [-0.25, -0.2) is 0 Å². The average molecular weight is 235 g/mol. The fourth-order valence-electron chi connectivity index (χ4n) is 2.56. The SMILES string of the molecule is Cn1cc(C(=O)C(C)(C)C2CCCNC2)cn1. The molecule has 0 bridgehead atoms. The summed E-state index contributed by atoms with van der Waals surface area (Å²) < 4.78 is 1.68. The smallest absolute Gasteiger partial charge is 0.171 e. The Morgan fingerprint density at radius 2 is 2.35 bits per heavy atom. The fourth-order valence-corrected chi connectivity index (χ4v) is 2.56. The minimum absolute atomic E-state index is 0.208. The van der Waals surface area contributed by atoms with E-state index in [9.17, 15) is 4.79 Å². The molecule has 0 aliphatic carbocycles. The molecule has 0 radical (unpaired) electrons. The third-order valence-corrected chi connectivity index (χ3v) is 3.87. The molecular weight excluding hydrogens is 214 g/mol. The Kier molecular flexibility index (Phi) is 3.33. The van der Waals surface area contributed by atoms with Crippen molar-refractivity contribution in [1.82, 2.24) is 15.1 Å². The summed E-state index contributed by atoms with van der Waals surface area (Å²) in [7, 11) is 1.84. The normalized spacial score (nSPS) is 21.5. The first kappa shape index (κ1) is 12.3.